The van der Waals surface area contributed by atoms with E-state index in [2.05, 4.69) is 4.90 Å². The third kappa shape index (κ3) is 3.13. The molecule has 12 heavy (non-hydrogen) atoms. The second-order valence-electron chi connectivity index (χ2n) is 3.37. The summed E-state index contributed by atoms with van der Waals surface area (Å²) in [4.78, 5) is 2.40. The minimum Gasteiger partial charge on any atom is -0.330 e. The molecule has 1 saturated heterocycles. The van der Waals surface area contributed by atoms with Crippen molar-refractivity contribution in [1.82, 2.24) is 4.90 Å². The van der Waals surface area contributed by atoms with Gasteiger partial charge in [0.15, 0.2) is 0 Å². The summed E-state index contributed by atoms with van der Waals surface area (Å²) >= 11 is 5.46. The Kier molecular flexibility index (Phi) is 4.66. The molecular formula is C9H17ClN2. The highest BCUT2D eigenvalue weighted by molar-refractivity contribution is 6.25. The molecule has 1 heterocycles. The zero-order chi connectivity index (χ0) is 8.81. The van der Waals surface area contributed by atoms with Crippen molar-refractivity contribution in [3.05, 3.63) is 11.6 Å². The number of nitrogens with zero attached hydrogens (tertiary/aromatic N) is 1. The summed E-state index contributed by atoms with van der Waals surface area (Å²) in [5.74, 6) is 0.697. The molecule has 3 heteroatoms. The second kappa shape index (κ2) is 5.57. The molecule has 0 bridgehead atoms. The Morgan fingerprint density at radius 1 is 1.58 bits per heavy atom. The molecule has 1 aliphatic heterocycles. The fourth-order valence-corrected chi connectivity index (χ4v) is 1.78. The first-order valence-corrected chi connectivity index (χ1v) is 4.98. The van der Waals surface area contributed by atoms with Crippen molar-refractivity contribution >= 4 is 11.6 Å². The van der Waals surface area contributed by atoms with Gasteiger partial charge in [-0.1, -0.05) is 17.7 Å². The van der Waals surface area contributed by atoms with Gasteiger partial charge in [0.2, 0.25) is 0 Å². The predicted octanol–water partition coefficient (Wildman–Crippen LogP) is 1.41. The van der Waals surface area contributed by atoms with Crippen LogP contribution in [0.2, 0.25) is 0 Å². The minimum absolute atomic E-state index is 0.697. The van der Waals surface area contributed by atoms with E-state index in [1.54, 1.807) is 5.54 Å². The molecule has 0 aromatic heterocycles. The van der Waals surface area contributed by atoms with Crippen molar-refractivity contribution in [3.8, 4) is 0 Å². The maximum Gasteiger partial charge on any atom is 0.0174 e. The van der Waals surface area contributed by atoms with Crippen LogP contribution in [0.25, 0.3) is 0 Å². The summed E-state index contributed by atoms with van der Waals surface area (Å²) in [6.07, 6.45) is 4.55. The van der Waals surface area contributed by atoms with Crippen LogP contribution in [0.15, 0.2) is 11.6 Å². The highest BCUT2D eigenvalue weighted by Gasteiger charge is 2.16. The molecule has 0 aliphatic carbocycles. The molecule has 0 aromatic rings. The van der Waals surface area contributed by atoms with Crippen molar-refractivity contribution in [2.45, 2.75) is 12.8 Å². The monoisotopic (exact) mass is 188 g/mol. The van der Waals surface area contributed by atoms with Crippen LogP contribution in [0.1, 0.15) is 12.8 Å². The van der Waals surface area contributed by atoms with Gasteiger partial charge in [0, 0.05) is 18.6 Å². The standard InChI is InChI=1S/C9H17ClN2/c10-4-2-6-12-5-1-3-9(7-11)8-12/h2,4,9H,1,3,5-8,11H2/b4-2+. The van der Waals surface area contributed by atoms with E-state index in [-0.39, 0.29) is 0 Å². The van der Waals surface area contributed by atoms with Gasteiger partial charge in [-0.3, -0.25) is 4.90 Å². The molecule has 1 aliphatic rings. The fraction of sp³-hybridized carbons (Fsp3) is 0.778. The number of likely N-dealkylation sites (tertiary alicyclic amines) is 1. The number of hydrogen-bond donors (Lipinski definition) is 1. The second-order valence-corrected chi connectivity index (χ2v) is 3.62. The lowest BCUT2D eigenvalue weighted by Gasteiger charge is -2.31. The summed E-state index contributed by atoms with van der Waals surface area (Å²) in [5, 5.41) is 0. The Labute approximate surface area is 79.4 Å². The van der Waals surface area contributed by atoms with Gasteiger partial charge in [-0.25, -0.2) is 0 Å². The summed E-state index contributed by atoms with van der Waals surface area (Å²) < 4.78 is 0. The van der Waals surface area contributed by atoms with Gasteiger partial charge in [-0.15, -0.1) is 0 Å². The summed E-state index contributed by atoms with van der Waals surface area (Å²) in [7, 11) is 0. The molecule has 0 spiro atoms. The smallest absolute Gasteiger partial charge is 0.0174 e. The zero-order valence-electron chi connectivity index (χ0n) is 7.38. The highest BCUT2D eigenvalue weighted by Crippen LogP contribution is 2.14. The lowest BCUT2D eigenvalue weighted by Crippen LogP contribution is -2.38. The van der Waals surface area contributed by atoms with Crippen molar-refractivity contribution in [3.63, 3.8) is 0 Å². The molecule has 2 nitrogen and oxygen atoms in total. The van der Waals surface area contributed by atoms with E-state index in [9.17, 15) is 0 Å². The van der Waals surface area contributed by atoms with E-state index in [0.29, 0.717) is 5.92 Å². The van der Waals surface area contributed by atoms with Gasteiger partial charge in [0.1, 0.15) is 0 Å². The lowest BCUT2D eigenvalue weighted by molar-refractivity contribution is 0.195. The number of halogens is 1. The van der Waals surface area contributed by atoms with Gasteiger partial charge >= 0.3 is 0 Å². The predicted molar refractivity (Wildman–Crippen MR) is 53.2 cm³/mol. The van der Waals surface area contributed by atoms with Crippen LogP contribution >= 0.6 is 11.6 Å². The van der Waals surface area contributed by atoms with Gasteiger partial charge in [-0.05, 0) is 31.8 Å². The third-order valence-corrected chi connectivity index (χ3v) is 2.57. The van der Waals surface area contributed by atoms with Gasteiger partial charge in [-0.2, -0.15) is 0 Å². The summed E-state index contributed by atoms with van der Waals surface area (Å²) in [6.45, 7) is 4.12. The SMILES string of the molecule is NCC1CCCN(C/C=C/Cl)C1. The Morgan fingerprint density at radius 3 is 3.08 bits per heavy atom. The average Bonchev–Trinajstić information content (AvgIpc) is 2.15. The molecular weight excluding hydrogens is 172 g/mol. The van der Waals surface area contributed by atoms with E-state index in [1.807, 2.05) is 6.08 Å². The normalized spacial score (nSPS) is 26.7. The van der Waals surface area contributed by atoms with Crippen molar-refractivity contribution in [2.75, 3.05) is 26.2 Å². The molecule has 0 aromatic carbocycles. The van der Waals surface area contributed by atoms with E-state index >= 15 is 0 Å². The first-order valence-electron chi connectivity index (χ1n) is 4.54. The van der Waals surface area contributed by atoms with Crippen LogP contribution in [0.3, 0.4) is 0 Å². The summed E-state index contributed by atoms with van der Waals surface area (Å²) in [6, 6.07) is 0. The Balaban J connectivity index is 2.25. The molecule has 0 radical (unpaired) electrons. The number of piperidine rings is 1. The van der Waals surface area contributed by atoms with E-state index < -0.39 is 0 Å². The van der Waals surface area contributed by atoms with Gasteiger partial charge < -0.3 is 5.73 Å². The third-order valence-electron chi connectivity index (χ3n) is 2.39. The van der Waals surface area contributed by atoms with Crippen molar-refractivity contribution in [1.29, 1.82) is 0 Å². The highest BCUT2D eigenvalue weighted by atomic mass is 35.5. The quantitative estimate of drug-likeness (QED) is 0.726. The van der Waals surface area contributed by atoms with Crippen molar-refractivity contribution < 1.29 is 0 Å². The number of nitrogens with two attached hydrogens (primary N) is 1. The first kappa shape index (κ1) is 10.0. The van der Waals surface area contributed by atoms with Crippen LogP contribution in [0, 0.1) is 5.92 Å². The van der Waals surface area contributed by atoms with Crippen LogP contribution in [0.5, 0.6) is 0 Å². The summed E-state index contributed by atoms with van der Waals surface area (Å²) in [5.41, 5.74) is 7.21. The van der Waals surface area contributed by atoms with E-state index in [4.69, 9.17) is 17.3 Å². The van der Waals surface area contributed by atoms with Crippen LogP contribution in [-0.4, -0.2) is 31.1 Å². The Hall–Kier alpha value is -0.0500. The first-order chi connectivity index (χ1) is 5.86. The van der Waals surface area contributed by atoms with E-state index in [1.165, 1.54) is 19.4 Å². The largest absolute Gasteiger partial charge is 0.330 e. The van der Waals surface area contributed by atoms with Crippen LogP contribution in [-0.2, 0) is 0 Å². The molecule has 1 fully saturated rings. The number of rotatable bonds is 3. The maximum atomic E-state index is 5.62. The van der Waals surface area contributed by atoms with Crippen LogP contribution < -0.4 is 5.73 Å². The number of hydrogen-bond acceptors (Lipinski definition) is 2. The molecule has 0 amide bonds. The van der Waals surface area contributed by atoms with E-state index in [0.717, 1.165) is 19.6 Å². The van der Waals surface area contributed by atoms with Gasteiger partial charge in [0.05, 0.1) is 0 Å². The zero-order valence-corrected chi connectivity index (χ0v) is 8.13. The van der Waals surface area contributed by atoms with Crippen LogP contribution in [0.4, 0.5) is 0 Å². The Bertz CT molecular complexity index is 147. The molecule has 1 rings (SSSR count). The molecule has 1 unspecified atom stereocenters. The minimum atomic E-state index is 0.697. The average molecular weight is 189 g/mol. The molecule has 1 atom stereocenters. The molecule has 70 valence electrons. The lowest BCUT2D eigenvalue weighted by atomic mass is 9.98. The Morgan fingerprint density at radius 2 is 2.42 bits per heavy atom. The van der Waals surface area contributed by atoms with Gasteiger partial charge in [0.25, 0.3) is 0 Å². The van der Waals surface area contributed by atoms with Crippen molar-refractivity contribution in [2.24, 2.45) is 11.7 Å². The molecule has 0 saturated carbocycles. The molecule has 2 N–H and O–H groups in total. The maximum absolute atomic E-state index is 5.62. The topological polar surface area (TPSA) is 29.3 Å². The fourth-order valence-electron chi connectivity index (χ4n) is 1.70.